The summed E-state index contributed by atoms with van der Waals surface area (Å²) in [5.41, 5.74) is 4.04. The number of hydrogen-bond donors (Lipinski definition) is 1. The van der Waals surface area contributed by atoms with E-state index in [9.17, 15) is 0 Å². The Balaban J connectivity index is 2.06. The van der Waals surface area contributed by atoms with Crippen LogP contribution in [0.5, 0.6) is 0 Å². The van der Waals surface area contributed by atoms with Gasteiger partial charge in [0.2, 0.25) is 0 Å². The number of pyridine rings is 1. The fourth-order valence-electron chi connectivity index (χ4n) is 4.29. The number of H-pyrrole nitrogens is 1. The van der Waals surface area contributed by atoms with E-state index in [-0.39, 0.29) is 0 Å². The lowest BCUT2D eigenvalue weighted by molar-refractivity contribution is 1.35. The van der Waals surface area contributed by atoms with Crippen LogP contribution in [0.3, 0.4) is 0 Å². The highest BCUT2D eigenvalue weighted by Gasteiger charge is 2.32. The van der Waals surface area contributed by atoms with Crippen molar-refractivity contribution in [3.8, 4) is 0 Å². The number of fused-ring (bicyclic) bond motifs is 2. The van der Waals surface area contributed by atoms with E-state index in [1.165, 1.54) is 32.8 Å². The van der Waals surface area contributed by atoms with E-state index in [1.54, 1.807) is 10.4 Å². The van der Waals surface area contributed by atoms with E-state index in [0.717, 1.165) is 11.0 Å². The Hall–Kier alpha value is -1.58. The number of aromatic nitrogens is 1. The van der Waals surface area contributed by atoms with Gasteiger partial charge in [-0.05, 0) is 75.9 Å². The molecule has 2 aromatic carbocycles. The molecule has 1 aromatic heterocycles. The predicted octanol–water partition coefficient (Wildman–Crippen LogP) is 6.04. The van der Waals surface area contributed by atoms with Crippen LogP contribution in [-0.4, -0.2) is 13.1 Å². The summed E-state index contributed by atoms with van der Waals surface area (Å²) >= 11 is 3.57. The Labute approximate surface area is 152 Å². The fourth-order valence-corrected chi connectivity index (χ4v) is 8.03. The van der Waals surface area contributed by atoms with Gasteiger partial charge in [-0.2, -0.15) is 0 Å². The molecule has 0 radical (unpaired) electrons. The molecule has 0 saturated carbocycles. The number of rotatable bonds is 2. The van der Waals surface area contributed by atoms with Crippen LogP contribution in [0.15, 0.2) is 52.3 Å². The van der Waals surface area contributed by atoms with Gasteiger partial charge in [-0.3, -0.25) is 0 Å². The average Bonchev–Trinajstić information content (AvgIpc) is 3.15. The third-order valence-corrected chi connectivity index (χ3v) is 9.90. The highest BCUT2D eigenvalue weighted by atomic mass is 79.9. The minimum absolute atomic E-state index is 1.03. The van der Waals surface area contributed by atoms with Gasteiger partial charge in [-0.25, -0.2) is 0 Å². The highest BCUT2D eigenvalue weighted by Crippen LogP contribution is 2.33. The number of benzene rings is 1. The van der Waals surface area contributed by atoms with Crippen LogP contribution in [0.4, 0.5) is 0 Å². The number of nitrogens with one attached hydrogen (secondary N) is 1. The Bertz CT molecular complexity index is 1040. The van der Waals surface area contributed by atoms with Crippen LogP contribution in [0, 0.1) is 13.8 Å². The first kappa shape index (κ1) is 15.9. The molecule has 0 spiro atoms. The van der Waals surface area contributed by atoms with Gasteiger partial charge >= 0.3 is 0 Å². The van der Waals surface area contributed by atoms with Crippen molar-refractivity contribution in [2.75, 3.05) is 0 Å². The lowest BCUT2D eigenvalue weighted by atomic mass is 10.0. The molecule has 0 atom stereocenters. The number of hydrogen-bond acceptors (Lipinski definition) is 0. The van der Waals surface area contributed by atoms with Crippen molar-refractivity contribution >= 4 is 50.9 Å². The van der Waals surface area contributed by atoms with Gasteiger partial charge in [0.15, 0.2) is 0 Å². The van der Waals surface area contributed by atoms with E-state index in [0.29, 0.717) is 0 Å². The maximum absolute atomic E-state index is 3.57. The van der Waals surface area contributed by atoms with Crippen LogP contribution in [0.1, 0.15) is 17.5 Å². The quantitative estimate of drug-likeness (QED) is 0.401. The molecule has 0 saturated heterocycles. The van der Waals surface area contributed by atoms with Crippen LogP contribution < -0.4 is 5.19 Å². The number of halogens is 1. The first-order chi connectivity index (χ1) is 11.4. The summed E-state index contributed by atoms with van der Waals surface area (Å²) in [6, 6.07) is 9.06. The fraction of sp³-hybridized carbons (Fsp3) is 0.238. The van der Waals surface area contributed by atoms with Crippen LogP contribution in [-0.2, 0) is 0 Å². The van der Waals surface area contributed by atoms with Gasteiger partial charge in [0.05, 0.1) is 4.60 Å². The van der Waals surface area contributed by atoms with Crippen LogP contribution in [0.25, 0.3) is 21.7 Å². The maximum Gasteiger partial charge on any atom is 0.109 e. The number of aryl methyl sites for hydroxylation is 2. The molecule has 0 fully saturated rings. The van der Waals surface area contributed by atoms with E-state index in [2.05, 4.69) is 90.3 Å². The van der Waals surface area contributed by atoms with Crippen molar-refractivity contribution in [3.05, 3.63) is 63.4 Å². The Morgan fingerprint density at radius 1 is 1.04 bits per heavy atom. The van der Waals surface area contributed by atoms with Crippen molar-refractivity contribution in [3.63, 3.8) is 0 Å². The molecule has 1 aliphatic carbocycles. The summed E-state index contributed by atoms with van der Waals surface area (Å²) in [6.45, 7) is 9.53. The van der Waals surface area contributed by atoms with Crippen molar-refractivity contribution < 1.29 is 0 Å². The molecular formula is C21H22BrNSi. The second kappa shape index (κ2) is 5.47. The SMILES string of the molecule is Cc1cc2c(C)c3ccc(Br)[nH]c3cc2c1[Si](C)(C)C1=CC=CC1. The summed E-state index contributed by atoms with van der Waals surface area (Å²) in [6.07, 6.45) is 7.98. The molecule has 0 unspecified atom stereocenters. The lowest BCUT2D eigenvalue weighted by Crippen LogP contribution is -2.44. The van der Waals surface area contributed by atoms with Crippen molar-refractivity contribution in [2.24, 2.45) is 0 Å². The molecular weight excluding hydrogens is 374 g/mol. The zero-order valence-corrected chi connectivity index (χ0v) is 17.2. The second-order valence-electron chi connectivity index (χ2n) is 7.38. The normalized spacial score (nSPS) is 14.8. The first-order valence-electron chi connectivity index (χ1n) is 8.47. The zero-order valence-electron chi connectivity index (χ0n) is 14.6. The van der Waals surface area contributed by atoms with Gasteiger partial charge in [0, 0.05) is 10.9 Å². The summed E-state index contributed by atoms with van der Waals surface area (Å²) in [7, 11) is -1.65. The summed E-state index contributed by atoms with van der Waals surface area (Å²) in [5, 5.41) is 7.40. The predicted molar refractivity (Wildman–Crippen MR) is 112 cm³/mol. The van der Waals surface area contributed by atoms with Crippen LogP contribution >= 0.6 is 15.9 Å². The summed E-state index contributed by atoms with van der Waals surface area (Å²) in [5.74, 6) is 0. The molecule has 1 nitrogen and oxygen atoms in total. The third kappa shape index (κ3) is 2.26. The van der Waals surface area contributed by atoms with Gasteiger partial charge in [0.25, 0.3) is 0 Å². The van der Waals surface area contributed by atoms with Gasteiger partial charge in [-0.1, -0.05) is 48.1 Å². The lowest BCUT2D eigenvalue weighted by Gasteiger charge is -2.26. The molecule has 122 valence electrons. The molecule has 4 rings (SSSR count). The molecule has 1 aliphatic rings. The minimum Gasteiger partial charge on any atom is -0.349 e. The Morgan fingerprint density at radius 3 is 2.54 bits per heavy atom. The van der Waals surface area contributed by atoms with E-state index < -0.39 is 8.07 Å². The number of aromatic amines is 1. The molecule has 1 heterocycles. The van der Waals surface area contributed by atoms with Crippen molar-refractivity contribution in [1.82, 2.24) is 4.98 Å². The molecule has 0 amide bonds. The number of allylic oxidation sites excluding steroid dienone is 4. The minimum atomic E-state index is -1.65. The first-order valence-corrected chi connectivity index (χ1v) is 12.3. The maximum atomic E-state index is 3.57. The monoisotopic (exact) mass is 395 g/mol. The standard InChI is InChI=1S/C21H22BrNSi/c1-13-11-17-14(2)16-9-10-20(22)23-19(16)12-18(17)21(13)24(3,4)15-7-5-6-8-15/h5-7,9-12,23H,8H2,1-4H3. The highest BCUT2D eigenvalue weighted by molar-refractivity contribution is 9.10. The Morgan fingerprint density at radius 2 is 1.83 bits per heavy atom. The topological polar surface area (TPSA) is 15.8 Å². The van der Waals surface area contributed by atoms with E-state index in [4.69, 9.17) is 0 Å². The molecule has 0 bridgehead atoms. The molecule has 3 aromatic rings. The largest absolute Gasteiger partial charge is 0.349 e. The molecule has 0 aliphatic heterocycles. The molecule has 3 heteroatoms. The molecule has 24 heavy (non-hydrogen) atoms. The average molecular weight is 396 g/mol. The van der Waals surface area contributed by atoms with Gasteiger partial charge < -0.3 is 4.98 Å². The molecule has 1 N–H and O–H groups in total. The van der Waals surface area contributed by atoms with Crippen LogP contribution in [0.2, 0.25) is 13.1 Å². The smallest absolute Gasteiger partial charge is 0.109 e. The van der Waals surface area contributed by atoms with E-state index in [1.807, 2.05) is 0 Å². The van der Waals surface area contributed by atoms with Gasteiger partial charge in [-0.15, -0.1) is 0 Å². The van der Waals surface area contributed by atoms with Gasteiger partial charge in [0.1, 0.15) is 8.07 Å². The summed E-state index contributed by atoms with van der Waals surface area (Å²) < 4.78 is 1.03. The third-order valence-electron chi connectivity index (χ3n) is 5.55. The van der Waals surface area contributed by atoms with E-state index >= 15 is 0 Å². The van der Waals surface area contributed by atoms with Crippen molar-refractivity contribution in [1.29, 1.82) is 0 Å². The van der Waals surface area contributed by atoms with Crippen molar-refractivity contribution in [2.45, 2.75) is 33.4 Å². The zero-order chi connectivity index (χ0) is 17.1. The second-order valence-corrected chi connectivity index (χ2v) is 12.6. The Kier molecular flexibility index (Phi) is 3.62. The summed E-state index contributed by atoms with van der Waals surface area (Å²) in [4.78, 5) is 3.49.